The van der Waals surface area contributed by atoms with Gasteiger partial charge in [-0.05, 0) is 6.58 Å². The van der Waals surface area contributed by atoms with E-state index >= 15 is 0 Å². The first kappa shape index (κ1) is 10.6. The second kappa shape index (κ2) is 4.17. The minimum Gasteiger partial charge on any atom is -0.481 e. The van der Waals surface area contributed by atoms with Crippen LogP contribution in [-0.4, -0.2) is 23.2 Å². The lowest BCUT2D eigenvalue weighted by atomic mass is 9.96. The van der Waals surface area contributed by atoms with Crippen LogP contribution in [0.1, 0.15) is 13.3 Å². The van der Waals surface area contributed by atoms with Gasteiger partial charge in [0.05, 0.1) is 12.5 Å². The van der Waals surface area contributed by atoms with Gasteiger partial charge in [-0.1, -0.05) is 13.0 Å². The Hall–Kier alpha value is -1.45. The molecule has 78 valence electrons. The number of nitrogens with one attached hydrogen (secondary N) is 1. The number of carbonyl (C=O) groups is 1. The zero-order valence-corrected chi connectivity index (χ0v) is 8.19. The van der Waals surface area contributed by atoms with Crippen molar-refractivity contribution in [1.82, 2.24) is 5.32 Å². The molecular formula is C10H15NO3. The number of carboxylic acid groups (broad SMARTS) is 1. The third kappa shape index (κ3) is 2.28. The van der Waals surface area contributed by atoms with Gasteiger partial charge in [0, 0.05) is 5.92 Å². The van der Waals surface area contributed by atoms with E-state index in [2.05, 4.69) is 18.5 Å². The maximum atomic E-state index is 10.6. The first-order valence-electron chi connectivity index (χ1n) is 4.51. The number of aliphatic carboxylic acids is 1. The summed E-state index contributed by atoms with van der Waals surface area (Å²) >= 11 is 0. The molecule has 1 heterocycles. The van der Waals surface area contributed by atoms with Gasteiger partial charge in [-0.2, -0.15) is 0 Å². The number of ether oxygens (including phenoxy) is 1. The topological polar surface area (TPSA) is 58.6 Å². The monoisotopic (exact) mass is 197 g/mol. The molecule has 0 aromatic rings. The molecule has 0 amide bonds. The Labute approximate surface area is 83.3 Å². The zero-order valence-electron chi connectivity index (χ0n) is 8.19. The van der Waals surface area contributed by atoms with Crippen molar-refractivity contribution in [1.29, 1.82) is 0 Å². The van der Waals surface area contributed by atoms with Crippen molar-refractivity contribution in [3.63, 3.8) is 0 Å². The number of carboxylic acids is 1. The Morgan fingerprint density at radius 2 is 2.50 bits per heavy atom. The van der Waals surface area contributed by atoms with Gasteiger partial charge in [0.1, 0.15) is 6.10 Å². The molecule has 14 heavy (non-hydrogen) atoms. The van der Waals surface area contributed by atoms with E-state index in [0.29, 0.717) is 5.88 Å². The molecule has 0 aromatic heterocycles. The lowest BCUT2D eigenvalue weighted by molar-refractivity contribution is -0.137. The summed E-state index contributed by atoms with van der Waals surface area (Å²) in [5.74, 6) is -0.303. The fourth-order valence-corrected chi connectivity index (χ4v) is 1.53. The van der Waals surface area contributed by atoms with Gasteiger partial charge in [-0.3, -0.25) is 4.79 Å². The van der Waals surface area contributed by atoms with E-state index < -0.39 is 5.97 Å². The first-order chi connectivity index (χ1) is 6.54. The molecule has 0 unspecified atom stereocenters. The minimum atomic E-state index is -0.845. The quantitative estimate of drug-likeness (QED) is 0.663. The molecule has 2 N–H and O–H groups in total. The molecule has 4 heteroatoms. The maximum Gasteiger partial charge on any atom is 0.305 e. The minimum absolute atomic E-state index is 0.0296. The van der Waals surface area contributed by atoms with Gasteiger partial charge < -0.3 is 15.2 Å². The third-order valence-corrected chi connectivity index (χ3v) is 2.31. The molecule has 1 saturated heterocycles. The summed E-state index contributed by atoms with van der Waals surface area (Å²) in [4.78, 5) is 10.6. The van der Waals surface area contributed by atoms with Crippen molar-refractivity contribution >= 4 is 5.97 Å². The summed E-state index contributed by atoms with van der Waals surface area (Å²) in [6, 6.07) is -0.215. The van der Waals surface area contributed by atoms with Gasteiger partial charge in [0.25, 0.3) is 0 Å². The molecule has 0 aliphatic carbocycles. The molecular weight excluding hydrogens is 182 g/mol. The first-order valence-corrected chi connectivity index (χ1v) is 4.51. The number of hydrogen-bond donors (Lipinski definition) is 2. The standard InChI is InChI=1S/C10H15NO3/c1-4-6(2)10-8(5-9(12)13)11-7(3)14-10/h4,6,8,10-11H,1,3,5H2,2H3,(H,12,13)/t6-,8-,10-/m1/s1. The number of hydrogen-bond acceptors (Lipinski definition) is 3. The molecule has 3 atom stereocenters. The SMILES string of the molecule is C=C[C@@H](C)[C@H]1OC(=C)N[C@@H]1CC(=O)O. The van der Waals surface area contributed by atoms with Crippen molar-refractivity contribution in [2.45, 2.75) is 25.5 Å². The van der Waals surface area contributed by atoms with Crippen LogP contribution in [0.5, 0.6) is 0 Å². The summed E-state index contributed by atoms with van der Waals surface area (Å²) in [7, 11) is 0. The molecule has 1 aliphatic rings. The summed E-state index contributed by atoms with van der Waals surface area (Å²) in [5, 5.41) is 11.6. The van der Waals surface area contributed by atoms with Crippen LogP contribution in [0.4, 0.5) is 0 Å². The van der Waals surface area contributed by atoms with Crippen molar-refractivity contribution in [2.75, 3.05) is 0 Å². The molecule has 4 nitrogen and oxygen atoms in total. The van der Waals surface area contributed by atoms with Crippen LogP contribution in [0.2, 0.25) is 0 Å². The smallest absolute Gasteiger partial charge is 0.305 e. The molecule has 1 fully saturated rings. The van der Waals surface area contributed by atoms with E-state index in [1.165, 1.54) is 0 Å². The van der Waals surface area contributed by atoms with E-state index in [-0.39, 0.29) is 24.5 Å². The van der Waals surface area contributed by atoms with E-state index in [1.54, 1.807) is 6.08 Å². The Morgan fingerprint density at radius 3 is 3.00 bits per heavy atom. The van der Waals surface area contributed by atoms with Crippen LogP contribution >= 0.6 is 0 Å². The van der Waals surface area contributed by atoms with Gasteiger partial charge in [-0.25, -0.2) is 0 Å². The van der Waals surface area contributed by atoms with Crippen molar-refractivity contribution in [3.8, 4) is 0 Å². The number of rotatable bonds is 4. The summed E-state index contributed by atoms with van der Waals surface area (Å²) in [6.07, 6.45) is 1.60. The highest BCUT2D eigenvalue weighted by molar-refractivity contribution is 5.67. The van der Waals surface area contributed by atoms with Crippen LogP contribution in [0.15, 0.2) is 25.1 Å². The van der Waals surface area contributed by atoms with Gasteiger partial charge in [0.15, 0.2) is 5.88 Å². The summed E-state index contributed by atoms with van der Waals surface area (Å²) in [6.45, 7) is 9.21. The normalized spacial score (nSPS) is 27.6. The zero-order chi connectivity index (χ0) is 10.7. The molecule has 0 spiro atoms. The molecule has 0 radical (unpaired) electrons. The predicted molar refractivity (Wildman–Crippen MR) is 52.6 cm³/mol. The largest absolute Gasteiger partial charge is 0.481 e. The molecule has 1 aliphatic heterocycles. The average molecular weight is 197 g/mol. The highest BCUT2D eigenvalue weighted by Gasteiger charge is 2.35. The predicted octanol–water partition coefficient (Wildman–Crippen LogP) is 1.11. The summed E-state index contributed by atoms with van der Waals surface area (Å²) < 4.78 is 5.39. The van der Waals surface area contributed by atoms with Crippen molar-refractivity contribution in [3.05, 3.63) is 25.1 Å². The van der Waals surface area contributed by atoms with E-state index in [9.17, 15) is 4.79 Å². The highest BCUT2D eigenvalue weighted by Crippen LogP contribution is 2.23. The van der Waals surface area contributed by atoms with E-state index in [4.69, 9.17) is 9.84 Å². The molecule has 0 aromatic carbocycles. The lowest BCUT2D eigenvalue weighted by Gasteiger charge is -2.19. The van der Waals surface area contributed by atoms with E-state index in [0.717, 1.165) is 0 Å². The van der Waals surface area contributed by atoms with Crippen molar-refractivity contribution in [2.24, 2.45) is 5.92 Å². The van der Waals surface area contributed by atoms with Crippen LogP contribution in [0, 0.1) is 5.92 Å². The van der Waals surface area contributed by atoms with Crippen LogP contribution in [0.3, 0.4) is 0 Å². The maximum absolute atomic E-state index is 10.6. The fourth-order valence-electron chi connectivity index (χ4n) is 1.53. The average Bonchev–Trinajstić information content (AvgIpc) is 2.44. The van der Waals surface area contributed by atoms with Crippen LogP contribution < -0.4 is 5.32 Å². The lowest BCUT2D eigenvalue weighted by Crippen LogP contribution is -2.36. The van der Waals surface area contributed by atoms with Gasteiger partial charge in [-0.15, -0.1) is 6.58 Å². The van der Waals surface area contributed by atoms with Gasteiger partial charge >= 0.3 is 5.97 Å². The van der Waals surface area contributed by atoms with Crippen LogP contribution in [-0.2, 0) is 9.53 Å². The summed E-state index contributed by atoms with van der Waals surface area (Å²) in [5.41, 5.74) is 0. The molecule has 0 saturated carbocycles. The van der Waals surface area contributed by atoms with Crippen molar-refractivity contribution < 1.29 is 14.6 Å². The Bertz CT molecular complexity index is 262. The second-order valence-corrected chi connectivity index (χ2v) is 3.45. The fraction of sp³-hybridized carbons (Fsp3) is 0.500. The Kier molecular flexibility index (Phi) is 3.17. The third-order valence-electron chi connectivity index (χ3n) is 2.31. The molecule has 1 rings (SSSR count). The van der Waals surface area contributed by atoms with Crippen LogP contribution in [0.25, 0.3) is 0 Å². The Morgan fingerprint density at radius 1 is 1.86 bits per heavy atom. The highest BCUT2D eigenvalue weighted by atomic mass is 16.5. The second-order valence-electron chi connectivity index (χ2n) is 3.45. The van der Waals surface area contributed by atoms with E-state index in [1.807, 2.05) is 6.92 Å². The van der Waals surface area contributed by atoms with Gasteiger partial charge in [0.2, 0.25) is 0 Å². The Balaban J connectivity index is 2.66. The molecule has 0 bridgehead atoms.